The fourth-order valence-corrected chi connectivity index (χ4v) is 3.22. The standard InChI is InChI=1S/C19H23BN2O4/c1-12(9-21)10-22-11-13-14(7-8-15(24-6)16(13)17(22)23)20-25-18(2,3)19(4,5)26-20/h7-8H,1,10-11H2,2-6H3. The minimum absolute atomic E-state index is 0.174. The largest absolute Gasteiger partial charge is 0.496 e. The average Bonchev–Trinajstić information content (AvgIpc) is 3.00. The van der Waals surface area contributed by atoms with Crippen LogP contribution >= 0.6 is 0 Å². The zero-order chi connectivity index (χ0) is 19.3. The van der Waals surface area contributed by atoms with Gasteiger partial charge < -0.3 is 18.9 Å². The van der Waals surface area contributed by atoms with Gasteiger partial charge in [-0.05, 0) is 44.8 Å². The number of hydrogen-bond acceptors (Lipinski definition) is 5. The Bertz CT molecular complexity index is 810. The van der Waals surface area contributed by atoms with E-state index in [0.717, 1.165) is 11.0 Å². The normalized spacial score (nSPS) is 20.1. The number of rotatable bonds is 4. The molecule has 0 bridgehead atoms. The molecule has 1 aromatic carbocycles. The number of hydrogen-bond donors (Lipinski definition) is 0. The van der Waals surface area contributed by atoms with Crippen LogP contribution < -0.4 is 10.2 Å². The van der Waals surface area contributed by atoms with Crippen molar-refractivity contribution in [3.63, 3.8) is 0 Å². The van der Waals surface area contributed by atoms with Crippen molar-refractivity contribution < 1.29 is 18.8 Å². The zero-order valence-electron chi connectivity index (χ0n) is 15.9. The van der Waals surface area contributed by atoms with E-state index in [0.29, 0.717) is 23.4 Å². The first kappa shape index (κ1) is 18.5. The van der Waals surface area contributed by atoms with Crippen molar-refractivity contribution in [1.82, 2.24) is 4.90 Å². The molecule has 6 nitrogen and oxygen atoms in total. The number of carbonyl (C=O) groups excluding carboxylic acids is 1. The van der Waals surface area contributed by atoms with Gasteiger partial charge in [0.15, 0.2) is 0 Å². The van der Waals surface area contributed by atoms with Crippen molar-refractivity contribution in [3.8, 4) is 11.8 Å². The first-order valence-electron chi connectivity index (χ1n) is 8.54. The van der Waals surface area contributed by atoms with Crippen LogP contribution in [0.3, 0.4) is 0 Å². The van der Waals surface area contributed by atoms with E-state index in [1.165, 1.54) is 7.11 Å². The molecule has 1 aromatic rings. The Morgan fingerprint density at radius 1 is 1.35 bits per heavy atom. The molecule has 26 heavy (non-hydrogen) atoms. The number of nitrogens with zero attached hydrogens (tertiary/aromatic N) is 2. The molecule has 0 unspecified atom stereocenters. The predicted octanol–water partition coefficient (Wildman–Crippen LogP) is 2.03. The third kappa shape index (κ3) is 2.79. The van der Waals surface area contributed by atoms with Crippen LogP contribution in [0.2, 0.25) is 0 Å². The van der Waals surface area contributed by atoms with E-state index in [1.807, 2.05) is 39.8 Å². The van der Waals surface area contributed by atoms with Crippen LogP contribution in [0.15, 0.2) is 24.3 Å². The van der Waals surface area contributed by atoms with Gasteiger partial charge in [0.25, 0.3) is 5.91 Å². The summed E-state index contributed by atoms with van der Waals surface area (Å²) in [5.74, 6) is 0.335. The summed E-state index contributed by atoms with van der Waals surface area (Å²) >= 11 is 0. The van der Waals surface area contributed by atoms with E-state index in [1.54, 1.807) is 11.0 Å². The molecule has 0 N–H and O–H groups in total. The van der Waals surface area contributed by atoms with Gasteiger partial charge in [-0.3, -0.25) is 4.79 Å². The molecule has 1 amide bonds. The lowest BCUT2D eigenvalue weighted by atomic mass is 9.75. The van der Waals surface area contributed by atoms with Crippen molar-refractivity contribution in [3.05, 3.63) is 35.4 Å². The van der Waals surface area contributed by atoms with Gasteiger partial charge in [0.05, 0.1) is 36.5 Å². The Hall–Kier alpha value is -2.30. The second kappa shape index (κ2) is 6.15. The second-order valence-corrected chi connectivity index (χ2v) is 7.68. The highest BCUT2D eigenvalue weighted by Crippen LogP contribution is 2.38. The zero-order valence-corrected chi connectivity index (χ0v) is 15.9. The summed E-state index contributed by atoms with van der Waals surface area (Å²) in [7, 11) is 0.973. The van der Waals surface area contributed by atoms with Crippen molar-refractivity contribution >= 4 is 18.5 Å². The van der Waals surface area contributed by atoms with E-state index in [-0.39, 0.29) is 12.5 Å². The molecule has 1 fully saturated rings. The summed E-state index contributed by atoms with van der Waals surface area (Å²) in [6.07, 6.45) is 0. The van der Waals surface area contributed by atoms with Crippen LogP contribution in [-0.2, 0) is 15.9 Å². The number of nitriles is 1. The molecule has 136 valence electrons. The van der Waals surface area contributed by atoms with Crippen molar-refractivity contribution in [2.45, 2.75) is 45.4 Å². The van der Waals surface area contributed by atoms with Gasteiger partial charge in [0.1, 0.15) is 5.75 Å². The summed E-state index contributed by atoms with van der Waals surface area (Å²) in [4.78, 5) is 14.5. The van der Waals surface area contributed by atoms with Crippen LogP contribution in [0, 0.1) is 11.3 Å². The van der Waals surface area contributed by atoms with E-state index in [2.05, 4.69) is 6.58 Å². The molecular weight excluding hydrogens is 331 g/mol. The maximum Gasteiger partial charge on any atom is 0.495 e. The van der Waals surface area contributed by atoms with E-state index in [4.69, 9.17) is 19.3 Å². The SMILES string of the molecule is C=C(C#N)CN1Cc2c(B3OC(C)(C)C(C)(C)O3)ccc(OC)c2C1=O. The summed E-state index contributed by atoms with van der Waals surface area (Å²) in [5.41, 5.74) is 1.54. The Morgan fingerprint density at radius 3 is 2.50 bits per heavy atom. The lowest BCUT2D eigenvalue weighted by Crippen LogP contribution is -2.41. The number of benzene rings is 1. The highest BCUT2D eigenvalue weighted by Gasteiger charge is 2.53. The highest BCUT2D eigenvalue weighted by atomic mass is 16.7. The third-order valence-corrected chi connectivity index (χ3v) is 5.43. The van der Waals surface area contributed by atoms with Gasteiger partial charge in [-0.1, -0.05) is 12.6 Å². The lowest BCUT2D eigenvalue weighted by Gasteiger charge is -2.32. The Balaban J connectivity index is 2.01. The first-order chi connectivity index (χ1) is 12.1. The number of carbonyl (C=O) groups is 1. The quantitative estimate of drug-likeness (QED) is 0.611. The number of amides is 1. The predicted molar refractivity (Wildman–Crippen MR) is 98.2 cm³/mol. The second-order valence-electron chi connectivity index (χ2n) is 7.68. The highest BCUT2D eigenvalue weighted by molar-refractivity contribution is 6.63. The Labute approximate surface area is 154 Å². The maximum absolute atomic E-state index is 12.9. The molecule has 0 saturated carbocycles. The monoisotopic (exact) mass is 354 g/mol. The molecule has 2 heterocycles. The Kier molecular flexibility index (Phi) is 4.37. The molecule has 2 aliphatic rings. The third-order valence-electron chi connectivity index (χ3n) is 5.43. The van der Waals surface area contributed by atoms with Crippen molar-refractivity contribution in [2.24, 2.45) is 0 Å². The van der Waals surface area contributed by atoms with Crippen molar-refractivity contribution in [2.75, 3.05) is 13.7 Å². The summed E-state index contributed by atoms with van der Waals surface area (Å²) < 4.78 is 17.7. The van der Waals surface area contributed by atoms with Gasteiger partial charge in [-0.15, -0.1) is 0 Å². The molecule has 0 radical (unpaired) electrons. The molecule has 0 atom stereocenters. The Morgan fingerprint density at radius 2 is 1.96 bits per heavy atom. The lowest BCUT2D eigenvalue weighted by molar-refractivity contribution is 0.00578. The number of methoxy groups -OCH3 is 1. The smallest absolute Gasteiger partial charge is 0.495 e. The molecule has 0 aliphatic carbocycles. The summed E-state index contributed by atoms with van der Waals surface area (Å²) in [5, 5.41) is 8.99. The van der Waals surface area contributed by atoms with Crippen molar-refractivity contribution in [1.29, 1.82) is 5.26 Å². The topological polar surface area (TPSA) is 71.8 Å². The summed E-state index contributed by atoms with van der Waals surface area (Å²) in [6.45, 7) is 12.2. The van der Waals surface area contributed by atoms with E-state index < -0.39 is 18.3 Å². The minimum atomic E-state index is -0.563. The van der Waals surface area contributed by atoms with Crippen LogP contribution in [0.5, 0.6) is 5.75 Å². The number of fused-ring (bicyclic) bond motifs is 1. The molecular formula is C19H23BN2O4. The van der Waals surface area contributed by atoms with Gasteiger partial charge in [-0.25, -0.2) is 0 Å². The average molecular weight is 354 g/mol. The first-order valence-corrected chi connectivity index (χ1v) is 8.54. The van der Waals surface area contributed by atoms with E-state index in [9.17, 15) is 4.79 Å². The van der Waals surface area contributed by atoms with Gasteiger partial charge in [0, 0.05) is 12.1 Å². The fraction of sp³-hybridized carbons (Fsp3) is 0.474. The maximum atomic E-state index is 12.9. The fourth-order valence-electron chi connectivity index (χ4n) is 3.22. The van der Waals surface area contributed by atoms with Crippen LogP contribution in [0.1, 0.15) is 43.6 Å². The minimum Gasteiger partial charge on any atom is -0.496 e. The molecule has 3 rings (SSSR count). The molecule has 0 aromatic heterocycles. The van der Waals surface area contributed by atoms with Gasteiger partial charge >= 0.3 is 7.12 Å². The summed E-state index contributed by atoms with van der Waals surface area (Å²) in [6, 6.07) is 5.64. The molecule has 2 aliphatic heterocycles. The van der Waals surface area contributed by atoms with E-state index >= 15 is 0 Å². The van der Waals surface area contributed by atoms with Crippen LogP contribution in [0.4, 0.5) is 0 Å². The van der Waals surface area contributed by atoms with Gasteiger partial charge in [0.2, 0.25) is 0 Å². The molecule has 1 saturated heterocycles. The van der Waals surface area contributed by atoms with Gasteiger partial charge in [-0.2, -0.15) is 5.26 Å². The number of ether oxygens (including phenoxy) is 1. The molecule has 0 spiro atoms. The van der Waals surface area contributed by atoms with Crippen LogP contribution in [-0.4, -0.2) is 42.8 Å². The van der Waals surface area contributed by atoms with Crippen LogP contribution in [0.25, 0.3) is 0 Å². The molecule has 7 heteroatoms.